The van der Waals surface area contributed by atoms with Crippen molar-refractivity contribution in [3.05, 3.63) is 42.0 Å². The monoisotopic (exact) mass is 380 g/mol. The Hall–Kier alpha value is -0.523. The zero-order chi connectivity index (χ0) is 16.3. The Balaban J connectivity index is 2.00. The Morgan fingerprint density at radius 2 is 1.64 bits per heavy atom. The highest BCUT2D eigenvalue weighted by atomic mass is 35.8. The zero-order valence-electron chi connectivity index (χ0n) is 12.1. The average Bonchev–Trinajstić information content (AvgIpc) is 2.48. The Kier molecular flexibility index (Phi) is 9.83. The van der Waals surface area contributed by atoms with Crippen molar-refractivity contribution in [1.82, 2.24) is 0 Å². The summed E-state index contributed by atoms with van der Waals surface area (Å²) < 4.78 is 10.2. The lowest BCUT2D eigenvalue weighted by atomic mass is 10.2. The number of hydrogen-bond acceptors (Lipinski definition) is 3. The number of carbonyl (C=O) groups is 1. The van der Waals surface area contributed by atoms with Gasteiger partial charge >= 0.3 is 12.2 Å². The molecule has 22 heavy (non-hydrogen) atoms. The van der Waals surface area contributed by atoms with Crippen LogP contribution in [0.1, 0.15) is 31.2 Å². The Morgan fingerprint density at radius 3 is 2.27 bits per heavy atom. The van der Waals surface area contributed by atoms with Crippen LogP contribution in [0.15, 0.2) is 36.4 Å². The summed E-state index contributed by atoms with van der Waals surface area (Å²) in [5.74, 6) is -0.325. The number of rotatable bonds is 10. The number of esters is 1. The van der Waals surface area contributed by atoms with Crippen LogP contribution in [0.3, 0.4) is 0 Å². The molecule has 7 heteroatoms. The van der Waals surface area contributed by atoms with Crippen LogP contribution in [-0.2, 0) is 14.0 Å². The van der Waals surface area contributed by atoms with Crippen molar-refractivity contribution in [1.29, 1.82) is 0 Å². The van der Waals surface area contributed by atoms with E-state index in [1.807, 2.05) is 30.3 Å². The van der Waals surface area contributed by atoms with Crippen molar-refractivity contribution in [2.45, 2.75) is 25.7 Å². The molecule has 0 N–H and O–H groups in total. The van der Waals surface area contributed by atoms with Gasteiger partial charge in [-0.2, -0.15) is 0 Å². The number of carbonyl (C=O) groups excluding carboxylic acids is 1. The van der Waals surface area contributed by atoms with Crippen molar-refractivity contribution >= 4 is 51.5 Å². The predicted molar refractivity (Wildman–Crippen MR) is 94.2 cm³/mol. The van der Waals surface area contributed by atoms with Crippen LogP contribution in [0.4, 0.5) is 0 Å². The third-order valence-corrected chi connectivity index (χ3v) is 4.27. The lowest BCUT2D eigenvalue weighted by Crippen LogP contribution is -2.16. The SMILES string of the molecule is O=C(C=Cc1ccccc1)OCCCCCCO[Si](Cl)(Cl)Cl. The minimum atomic E-state index is -2.95. The average molecular weight is 382 g/mol. The van der Waals surface area contributed by atoms with Gasteiger partial charge in [0.25, 0.3) is 0 Å². The molecular formula is C15H19Cl3O3Si. The van der Waals surface area contributed by atoms with E-state index in [2.05, 4.69) is 0 Å². The molecule has 3 nitrogen and oxygen atoms in total. The Labute approximate surface area is 146 Å². The van der Waals surface area contributed by atoms with Crippen LogP contribution in [0, 0.1) is 0 Å². The molecule has 1 aromatic rings. The van der Waals surface area contributed by atoms with E-state index < -0.39 is 6.25 Å². The van der Waals surface area contributed by atoms with Crippen molar-refractivity contribution in [2.75, 3.05) is 13.2 Å². The number of benzene rings is 1. The maximum atomic E-state index is 11.5. The van der Waals surface area contributed by atoms with Crippen LogP contribution < -0.4 is 0 Å². The number of halogens is 3. The molecule has 0 radical (unpaired) electrons. The lowest BCUT2D eigenvalue weighted by Gasteiger charge is -2.08. The van der Waals surface area contributed by atoms with Crippen molar-refractivity contribution in [3.8, 4) is 0 Å². The molecular weight excluding hydrogens is 363 g/mol. The zero-order valence-corrected chi connectivity index (χ0v) is 15.4. The van der Waals surface area contributed by atoms with Gasteiger partial charge in [-0.3, -0.25) is 0 Å². The molecule has 0 aliphatic heterocycles. The highest BCUT2D eigenvalue weighted by Crippen LogP contribution is 2.21. The van der Waals surface area contributed by atoms with E-state index in [0.717, 1.165) is 31.2 Å². The molecule has 0 atom stereocenters. The quantitative estimate of drug-likeness (QED) is 0.189. The Morgan fingerprint density at radius 1 is 1.00 bits per heavy atom. The summed E-state index contributed by atoms with van der Waals surface area (Å²) in [5.41, 5.74) is 0.969. The summed E-state index contributed by atoms with van der Waals surface area (Å²) in [6.07, 6.45) is 3.78. The molecule has 1 rings (SSSR count). The molecule has 0 fully saturated rings. The van der Waals surface area contributed by atoms with E-state index in [0.29, 0.717) is 13.2 Å². The molecule has 0 saturated heterocycles. The molecule has 0 spiro atoms. The van der Waals surface area contributed by atoms with E-state index in [-0.39, 0.29) is 5.97 Å². The summed E-state index contributed by atoms with van der Waals surface area (Å²) in [6.45, 7) is 0.875. The second kappa shape index (κ2) is 11.1. The lowest BCUT2D eigenvalue weighted by molar-refractivity contribution is -0.137. The third kappa shape index (κ3) is 11.1. The summed E-state index contributed by atoms with van der Waals surface area (Å²) >= 11 is 16.8. The summed E-state index contributed by atoms with van der Waals surface area (Å²) in [5, 5.41) is 0. The molecule has 0 heterocycles. The molecule has 0 aliphatic rings. The van der Waals surface area contributed by atoms with Crippen molar-refractivity contribution in [3.63, 3.8) is 0 Å². The molecule has 1 aromatic carbocycles. The van der Waals surface area contributed by atoms with E-state index in [1.54, 1.807) is 6.08 Å². The van der Waals surface area contributed by atoms with Crippen molar-refractivity contribution in [2.24, 2.45) is 0 Å². The van der Waals surface area contributed by atoms with Gasteiger partial charge < -0.3 is 9.16 Å². The highest BCUT2D eigenvalue weighted by Gasteiger charge is 2.26. The van der Waals surface area contributed by atoms with Crippen LogP contribution in [0.25, 0.3) is 6.08 Å². The molecule has 0 bridgehead atoms. The van der Waals surface area contributed by atoms with Crippen LogP contribution in [0.2, 0.25) is 0 Å². The number of unbranched alkanes of at least 4 members (excludes halogenated alkanes) is 3. The molecule has 122 valence electrons. The first-order chi connectivity index (χ1) is 10.5. The van der Waals surface area contributed by atoms with E-state index >= 15 is 0 Å². The minimum Gasteiger partial charge on any atom is -0.463 e. The van der Waals surface area contributed by atoms with Gasteiger partial charge in [0, 0.05) is 12.7 Å². The van der Waals surface area contributed by atoms with Gasteiger partial charge in [-0.15, -0.1) is 0 Å². The third-order valence-electron chi connectivity index (χ3n) is 2.76. The van der Waals surface area contributed by atoms with Gasteiger partial charge in [0.1, 0.15) is 0 Å². The predicted octanol–water partition coefficient (Wildman–Crippen LogP) is 4.97. The van der Waals surface area contributed by atoms with Gasteiger partial charge in [-0.05, 0) is 30.9 Å². The first kappa shape index (κ1) is 19.5. The summed E-state index contributed by atoms with van der Waals surface area (Å²) in [4.78, 5) is 11.5. The summed E-state index contributed by atoms with van der Waals surface area (Å²) in [6, 6.07) is 9.61. The van der Waals surface area contributed by atoms with E-state index in [4.69, 9.17) is 42.4 Å². The fourth-order valence-electron chi connectivity index (χ4n) is 1.69. The van der Waals surface area contributed by atoms with Gasteiger partial charge in [0.05, 0.1) is 6.61 Å². The topological polar surface area (TPSA) is 35.5 Å². The van der Waals surface area contributed by atoms with E-state index in [9.17, 15) is 4.79 Å². The van der Waals surface area contributed by atoms with Gasteiger partial charge in [0.15, 0.2) is 0 Å². The second-order valence-corrected chi connectivity index (χ2v) is 12.3. The maximum Gasteiger partial charge on any atom is 0.493 e. The highest BCUT2D eigenvalue weighted by molar-refractivity contribution is 7.62. The van der Waals surface area contributed by atoms with Gasteiger partial charge in [-0.1, -0.05) is 70.0 Å². The molecule has 0 aromatic heterocycles. The smallest absolute Gasteiger partial charge is 0.463 e. The Bertz CT molecular complexity index is 461. The fraction of sp³-hybridized carbons (Fsp3) is 0.400. The number of hydrogen-bond donors (Lipinski definition) is 0. The van der Waals surface area contributed by atoms with Crippen molar-refractivity contribution < 1.29 is 14.0 Å². The van der Waals surface area contributed by atoms with Crippen LogP contribution in [0.5, 0.6) is 0 Å². The number of ether oxygens (including phenoxy) is 1. The molecule has 0 unspecified atom stereocenters. The van der Waals surface area contributed by atoms with Crippen LogP contribution >= 0.6 is 33.2 Å². The van der Waals surface area contributed by atoms with E-state index in [1.165, 1.54) is 6.08 Å². The largest absolute Gasteiger partial charge is 0.493 e. The second-order valence-electron chi connectivity index (χ2n) is 4.62. The van der Waals surface area contributed by atoms with Gasteiger partial charge in [0.2, 0.25) is 0 Å². The standard InChI is InChI=1S/C15H19Cl3O3Si/c16-22(17,18)21-13-7-2-1-6-12-20-15(19)11-10-14-8-4-3-5-9-14/h3-5,8-11H,1-2,6-7,12-13H2. The molecule has 0 aliphatic carbocycles. The van der Waals surface area contributed by atoms with Gasteiger partial charge in [-0.25, -0.2) is 4.79 Å². The molecule has 0 saturated carbocycles. The normalized spacial score (nSPS) is 11.8. The maximum absolute atomic E-state index is 11.5. The summed E-state index contributed by atoms with van der Waals surface area (Å²) in [7, 11) is 0. The molecule has 0 amide bonds. The minimum absolute atomic E-state index is 0.325. The van der Waals surface area contributed by atoms with Crippen LogP contribution in [-0.4, -0.2) is 25.4 Å². The first-order valence-electron chi connectivity index (χ1n) is 7.08. The fourth-order valence-corrected chi connectivity index (χ4v) is 2.77. The first-order valence-corrected chi connectivity index (χ1v) is 12.0.